The molecule has 0 saturated carbocycles. The van der Waals surface area contributed by atoms with E-state index in [9.17, 15) is 9.59 Å². The van der Waals surface area contributed by atoms with Crippen molar-refractivity contribution in [2.75, 3.05) is 5.32 Å². The molecule has 0 aliphatic rings. The summed E-state index contributed by atoms with van der Waals surface area (Å²) in [6.07, 6.45) is 0. The van der Waals surface area contributed by atoms with E-state index in [1.165, 1.54) is 4.57 Å². The van der Waals surface area contributed by atoms with Crippen molar-refractivity contribution in [3.05, 3.63) is 95.3 Å². The van der Waals surface area contributed by atoms with E-state index in [2.05, 4.69) is 10.3 Å². The number of rotatable bonds is 4. The van der Waals surface area contributed by atoms with Gasteiger partial charge >= 0.3 is 0 Å². The van der Waals surface area contributed by atoms with Crippen molar-refractivity contribution in [3.63, 3.8) is 0 Å². The molecule has 0 bridgehead atoms. The highest BCUT2D eigenvalue weighted by molar-refractivity contribution is 5.91. The third kappa shape index (κ3) is 3.48. The van der Waals surface area contributed by atoms with Crippen molar-refractivity contribution < 1.29 is 4.79 Å². The second kappa shape index (κ2) is 7.25. The highest BCUT2D eigenvalue weighted by Gasteiger charge is 2.15. The Balaban J connectivity index is 1.79. The topological polar surface area (TPSA) is 64.0 Å². The van der Waals surface area contributed by atoms with Crippen LogP contribution in [-0.4, -0.2) is 15.5 Å². The van der Waals surface area contributed by atoms with E-state index in [4.69, 9.17) is 0 Å². The van der Waals surface area contributed by atoms with Crippen molar-refractivity contribution in [1.82, 2.24) is 9.55 Å². The van der Waals surface area contributed by atoms with Crippen LogP contribution in [0.5, 0.6) is 0 Å². The Kier molecular flexibility index (Phi) is 4.49. The first-order valence-corrected chi connectivity index (χ1v) is 8.62. The first-order chi connectivity index (χ1) is 13.2. The minimum absolute atomic E-state index is 0.115. The molecule has 27 heavy (non-hydrogen) atoms. The Bertz CT molecular complexity index is 1150. The van der Waals surface area contributed by atoms with Crippen molar-refractivity contribution >= 4 is 22.5 Å². The lowest BCUT2D eigenvalue weighted by Crippen LogP contribution is -2.29. The third-order valence-corrected chi connectivity index (χ3v) is 4.25. The number of aromatic nitrogens is 2. The number of amides is 1. The number of hydrogen-bond donors (Lipinski definition) is 1. The van der Waals surface area contributed by atoms with Crippen molar-refractivity contribution in [2.45, 2.75) is 6.54 Å². The number of carbonyl (C=O) groups excluding carboxylic acids is 1. The third-order valence-electron chi connectivity index (χ3n) is 4.25. The number of para-hydroxylation sites is 2. The fourth-order valence-corrected chi connectivity index (χ4v) is 2.99. The van der Waals surface area contributed by atoms with E-state index in [0.717, 1.165) is 5.56 Å². The second-order valence-corrected chi connectivity index (χ2v) is 6.12. The average molecular weight is 355 g/mol. The molecular weight excluding hydrogens is 338 g/mol. The van der Waals surface area contributed by atoms with E-state index >= 15 is 0 Å². The Morgan fingerprint density at radius 2 is 1.48 bits per heavy atom. The van der Waals surface area contributed by atoms with Gasteiger partial charge in [0, 0.05) is 11.3 Å². The summed E-state index contributed by atoms with van der Waals surface area (Å²) in [6.45, 7) is -0.115. The lowest BCUT2D eigenvalue weighted by atomic mass is 10.2. The fourth-order valence-electron chi connectivity index (χ4n) is 2.99. The molecule has 1 aromatic heterocycles. The molecule has 0 atom stereocenters. The van der Waals surface area contributed by atoms with Gasteiger partial charge in [0.15, 0.2) is 0 Å². The van der Waals surface area contributed by atoms with Crippen molar-refractivity contribution in [1.29, 1.82) is 0 Å². The second-order valence-electron chi connectivity index (χ2n) is 6.12. The molecule has 0 radical (unpaired) electrons. The molecule has 4 rings (SSSR count). The van der Waals surface area contributed by atoms with Gasteiger partial charge in [0.2, 0.25) is 5.91 Å². The van der Waals surface area contributed by atoms with Crippen LogP contribution in [0.15, 0.2) is 89.7 Å². The average Bonchev–Trinajstić information content (AvgIpc) is 2.71. The highest BCUT2D eigenvalue weighted by atomic mass is 16.2. The molecule has 132 valence electrons. The molecule has 0 unspecified atom stereocenters. The smallest absolute Gasteiger partial charge is 0.262 e. The number of anilines is 1. The van der Waals surface area contributed by atoms with Gasteiger partial charge in [-0.15, -0.1) is 0 Å². The molecule has 0 fully saturated rings. The van der Waals surface area contributed by atoms with Crippen LogP contribution >= 0.6 is 0 Å². The normalized spacial score (nSPS) is 10.7. The predicted molar refractivity (Wildman–Crippen MR) is 107 cm³/mol. The van der Waals surface area contributed by atoms with Crippen molar-refractivity contribution in [3.8, 4) is 11.4 Å². The molecule has 5 nitrogen and oxygen atoms in total. The minimum Gasteiger partial charge on any atom is -0.325 e. The lowest BCUT2D eigenvalue weighted by Gasteiger charge is -2.14. The summed E-state index contributed by atoms with van der Waals surface area (Å²) in [5, 5.41) is 3.31. The number of fused-ring (bicyclic) bond motifs is 1. The van der Waals surface area contributed by atoms with Gasteiger partial charge in [0.25, 0.3) is 5.56 Å². The molecule has 0 aliphatic carbocycles. The van der Waals surface area contributed by atoms with Gasteiger partial charge in [-0.05, 0) is 24.3 Å². The summed E-state index contributed by atoms with van der Waals surface area (Å²) in [4.78, 5) is 30.3. The number of carbonyl (C=O) groups is 1. The summed E-state index contributed by atoms with van der Waals surface area (Å²) in [5.41, 5.74) is 1.85. The first kappa shape index (κ1) is 16.7. The molecule has 1 N–H and O–H groups in total. The Morgan fingerprint density at radius 1 is 0.852 bits per heavy atom. The van der Waals surface area contributed by atoms with E-state index in [1.807, 2.05) is 54.6 Å². The van der Waals surface area contributed by atoms with E-state index in [-0.39, 0.29) is 18.0 Å². The zero-order chi connectivity index (χ0) is 18.6. The van der Waals surface area contributed by atoms with Crippen LogP contribution in [0.4, 0.5) is 5.69 Å². The zero-order valence-electron chi connectivity index (χ0n) is 14.5. The lowest BCUT2D eigenvalue weighted by molar-refractivity contribution is -0.116. The summed E-state index contributed by atoms with van der Waals surface area (Å²) in [6, 6.07) is 25.7. The van der Waals surface area contributed by atoms with Crippen LogP contribution in [0, 0.1) is 0 Å². The van der Waals surface area contributed by atoms with Gasteiger partial charge in [-0.3, -0.25) is 14.2 Å². The largest absolute Gasteiger partial charge is 0.325 e. The minimum atomic E-state index is -0.280. The van der Waals surface area contributed by atoms with E-state index in [0.29, 0.717) is 22.4 Å². The van der Waals surface area contributed by atoms with Crippen LogP contribution in [0.2, 0.25) is 0 Å². The maximum Gasteiger partial charge on any atom is 0.262 e. The van der Waals surface area contributed by atoms with Crippen LogP contribution in [-0.2, 0) is 11.3 Å². The standard InChI is InChI=1S/C22H17N3O2/c26-20(23-17-11-5-2-6-12-17)15-25-21(16-9-3-1-4-10-16)24-19-14-8-7-13-18(19)22(25)27/h1-14H,15H2,(H,23,26). The van der Waals surface area contributed by atoms with E-state index in [1.54, 1.807) is 30.3 Å². The molecule has 0 spiro atoms. The molecule has 1 amide bonds. The van der Waals surface area contributed by atoms with Crippen LogP contribution in [0.1, 0.15) is 0 Å². The zero-order valence-corrected chi connectivity index (χ0v) is 14.5. The number of hydrogen-bond acceptors (Lipinski definition) is 3. The van der Waals surface area contributed by atoms with Crippen molar-refractivity contribution in [2.24, 2.45) is 0 Å². The molecule has 4 aromatic rings. The van der Waals surface area contributed by atoms with Crippen LogP contribution in [0.25, 0.3) is 22.3 Å². The Morgan fingerprint density at radius 3 is 2.22 bits per heavy atom. The number of benzene rings is 3. The van der Waals surface area contributed by atoms with Gasteiger partial charge < -0.3 is 5.32 Å². The summed E-state index contributed by atoms with van der Waals surface area (Å²) >= 11 is 0. The quantitative estimate of drug-likeness (QED) is 0.607. The molecule has 5 heteroatoms. The molecular formula is C22H17N3O2. The van der Waals surface area contributed by atoms with Gasteiger partial charge in [-0.25, -0.2) is 4.98 Å². The van der Waals surface area contributed by atoms with Crippen LogP contribution < -0.4 is 10.9 Å². The Labute approximate surface area is 155 Å². The number of nitrogens with one attached hydrogen (secondary N) is 1. The maximum atomic E-state index is 13.1. The SMILES string of the molecule is O=C(Cn1c(-c2ccccc2)nc2ccccc2c1=O)Nc1ccccc1. The van der Waals surface area contributed by atoms with Gasteiger partial charge in [0.05, 0.1) is 10.9 Å². The highest BCUT2D eigenvalue weighted by Crippen LogP contribution is 2.18. The fraction of sp³-hybridized carbons (Fsp3) is 0.0455. The summed E-state index contributed by atoms with van der Waals surface area (Å²) < 4.78 is 1.43. The molecule has 0 aliphatic heterocycles. The number of nitrogens with zero attached hydrogens (tertiary/aromatic N) is 2. The van der Waals surface area contributed by atoms with Crippen LogP contribution in [0.3, 0.4) is 0 Å². The summed E-state index contributed by atoms with van der Waals surface area (Å²) in [7, 11) is 0. The molecule has 3 aromatic carbocycles. The molecule has 0 saturated heterocycles. The van der Waals surface area contributed by atoms with E-state index < -0.39 is 0 Å². The predicted octanol–water partition coefficient (Wildman–Crippen LogP) is 3.70. The van der Waals surface area contributed by atoms with Gasteiger partial charge in [0.1, 0.15) is 12.4 Å². The first-order valence-electron chi connectivity index (χ1n) is 8.62. The monoisotopic (exact) mass is 355 g/mol. The van der Waals surface area contributed by atoms with Gasteiger partial charge in [-0.1, -0.05) is 60.7 Å². The Hall–Kier alpha value is -3.73. The van der Waals surface area contributed by atoms with Gasteiger partial charge in [-0.2, -0.15) is 0 Å². The maximum absolute atomic E-state index is 13.1. The molecule has 1 heterocycles. The summed E-state index contributed by atoms with van der Waals surface area (Å²) in [5.74, 6) is 0.195.